The van der Waals surface area contributed by atoms with Crippen LogP contribution in [0.15, 0.2) is 48.0 Å². The fourth-order valence-electron chi connectivity index (χ4n) is 2.61. The van der Waals surface area contributed by atoms with E-state index in [0.717, 1.165) is 10.2 Å². The lowest BCUT2D eigenvalue weighted by Gasteiger charge is -2.07. The Morgan fingerprint density at radius 3 is 2.70 bits per heavy atom. The summed E-state index contributed by atoms with van der Waals surface area (Å²) in [6, 6.07) is 8.52. The average molecular weight is 423 g/mol. The van der Waals surface area contributed by atoms with E-state index in [0.29, 0.717) is 38.5 Å². The van der Waals surface area contributed by atoms with Gasteiger partial charge in [0.15, 0.2) is 4.80 Å². The molecule has 8 heteroatoms. The smallest absolute Gasteiger partial charge is 0.283 e. The zero-order valence-electron chi connectivity index (χ0n) is 14.7. The second-order valence-electron chi connectivity index (χ2n) is 5.48. The number of halogens is 2. The van der Waals surface area contributed by atoms with Gasteiger partial charge in [-0.25, -0.2) is 0 Å². The molecule has 1 heterocycles. The third-order valence-corrected chi connectivity index (χ3v) is 5.72. The van der Waals surface area contributed by atoms with Crippen LogP contribution >= 0.6 is 34.5 Å². The molecule has 1 aromatic heterocycles. The summed E-state index contributed by atoms with van der Waals surface area (Å²) in [5.74, 6) is 0.551. The van der Waals surface area contributed by atoms with Gasteiger partial charge in [0.2, 0.25) is 0 Å². The highest BCUT2D eigenvalue weighted by Crippen LogP contribution is 2.32. The lowest BCUT2D eigenvalue weighted by Crippen LogP contribution is -2.16. The van der Waals surface area contributed by atoms with Gasteiger partial charge in [-0.15, -0.1) is 6.58 Å². The summed E-state index contributed by atoms with van der Waals surface area (Å²) in [6.45, 7) is 4.20. The van der Waals surface area contributed by atoms with Gasteiger partial charge in [0.1, 0.15) is 11.5 Å². The summed E-state index contributed by atoms with van der Waals surface area (Å²) in [4.78, 5) is 17.6. The number of carbonyl (C=O) groups is 1. The standard InChI is InChI=1S/C19H16Cl2N2O3S/c1-4-9-23-17-15(8-7-13(20)16(17)21)27-19(23)22-18(24)12-6-5-11(25-2)10-14(12)26-3/h4-8,10H,1,9H2,2-3H3. The molecule has 0 fully saturated rings. The highest BCUT2D eigenvalue weighted by molar-refractivity contribution is 7.16. The van der Waals surface area contributed by atoms with E-state index in [1.54, 1.807) is 37.5 Å². The van der Waals surface area contributed by atoms with Crippen LogP contribution in [0.3, 0.4) is 0 Å². The van der Waals surface area contributed by atoms with Crippen LogP contribution in [0.2, 0.25) is 10.0 Å². The molecule has 0 aliphatic rings. The Labute approximate surface area is 170 Å². The zero-order chi connectivity index (χ0) is 19.6. The van der Waals surface area contributed by atoms with Crippen LogP contribution in [-0.2, 0) is 6.54 Å². The lowest BCUT2D eigenvalue weighted by molar-refractivity contribution is 0.0995. The van der Waals surface area contributed by atoms with Crippen molar-refractivity contribution in [3.05, 3.63) is 63.4 Å². The number of allylic oxidation sites excluding steroid dienone is 1. The summed E-state index contributed by atoms with van der Waals surface area (Å²) in [5, 5.41) is 0.859. The molecule has 27 heavy (non-hydrogen) atoms. The molecule has 1 amide bonds. The summed E-state index contributed by atoms with van der Waals surface area (Å²) in [7, 11) is 3.04. The first kappa shape index (κ1) is 19.5. The van der Waals surface area contributed by atoms with Gasteiger partial charge in [-0.2, -0.15) is 4.99 Å². The highest BCUT2D eigenvalue weighted by Gasteiger charge is 2.16. The largest absolute Gasteiger partial charge is 0.497 e. The number of benzene rings is 2. The van der Waals surface area contributed by atoms with Crippen molar-refractivity contribution in [3.63, 3.8) is 0 Å². The number of methoxy groups -OCH3 is 2. The quantitative estimate of drug-likeness (QED) is 0.546. The third-order valence-electron chi connectivity index (χ3n) is 3.88. The van der Waals surface area contributed by atoms with Crippen LogP contribution in [0.5, 0.6) is 11.5 Å². The molecule has 0 saturated carbocycles. The van der Waals surface area contributed by atoms with E-state index in [9.17, 15) is 4.79 Å². The van der Waals surface area contributed by atoms with Gasteiger partial charge in [-0.05, 0) is 24.3 Å². The lowest BCUT2D eigenvalue weighted by atomic mass is 10.2. The summed E-state index contributed by atoms with van der Waals surface area (Å²) in [6.07, 6.45) is 1.71. The SMILES string of the molecule is C=CCn1c(=NC(=O)c2ccc(OC)cc2OC)sc2ccc(Cl)c(Cl)c21. The van der Waals surface area contributed by atoms with E-state index < -0.39 is 5.91 Å². The Morgan fingerprint density at radius 1 is 1.26 bits per heavy atom. The molecule has 0 aliphatic heterocycles. The second kappa shape index (κ2) is 8.17. The van der Waals surface area contributed by atoms with Gasteiger partial charge in [0.05, 0.1) is 40.0 Å². The number of hydrogen-bond acceptors (Lipinski definition) is 4. The van der Waals surface area contributed by atoms with E-state index in [-0.39, 0.29) is 0 Å². The molecule has 0 aliphatic carbocycles. The Bertz CT molecular complexity index is 1100. The van der Waals surface area contributed by atoms with E-state index in [1.165, 1.54) is 18.4 Å². The van der Waals surface area contributed by atoms with Crippen molar-refractivity contribution in [2.24, 2.45) is 4.99 Å². The van der Waals surface area contributed by atoms with Crippen molar-refractivity contribution >= 4 is 50.7 Å². The number of aromatic nitrogens is 1. The maximum Gasteiger partial charge on any atom is 0.283 e. The first-order valence-electron chi connectivity index (χ1n) is 7.89. The summed E-state index contributed by atoms with van der Waals surface area (Å²) >= 11 is 13.9. The minimum absolute atomic E-state index is 0.338. The molecule has 0 atom stereocenters. The van der Waals surface area contributed by atoms with Crippen LogP contribution in [0.4, 0.5) is 0 Å². The molecule has 3 rings (SSSR count). The van der Waals surface area contributed by atoms with Crippen molar-refractivity contribution in [3.8, 4) is 11.5 Å². The molecule has 0 N–H and O–H groups in total. The average Bonchev–Trinajstić information content (AvgIpc) is 3.02. The first-order chi connectivity index (χ1) is 13.0. The van der Waals surface area contributed by atoms with Crippen molar-refractivity contribution in [2.45, 2.75) is 6.54 Å². The Hall–Kier alpha value is -2.28. The van der Waals surface area contributed by atoms with E-state index >= 15 is 0 Å². The van der Waals surface area contributed by atoms with Gasteiger partial charge in [0.25, 0.3) is 5.91 Å². The summed E-state index contributed by atoms with van der Waals surface area (Å²) < 4.78 is 13.2. The topological polar surface area (TPSA) is 52.8 Å². The number of hydrogen-bond donors (Lipinski definition) is 0. The molecule has 0 spiro atoms. The number of thiazole rings is 1. The Balaban J connectivity index is 2.18. The van der Waals surface area contributed by atoms with Gasteiger partial charge < -0.3 is 14.0 Å². The highest BCUT2D eigenvalue weighted by atomic mass is 35.5. The molecule has 3 aromatic rings. The third kappa shape index (κ3) is 3.74. The normalized spacial score (nSPS) is 11.6. The summed E-state index contributed by atoms with van der Waals surface area (Å²) in [5.41, 5.74) is 1.06. The van der Waals surface area contributed by atoms with E-state index in [2.05, 4.69) is 11.6 Å². The monoisotopic (exact) mass is 422 g/mol. The van der Waals surface area contributed by atoms with Crippen molar-refractivity contribution in [2.75, 3.05) is 14.2 Å². The molecule has 2 aromatic carbocycles. The van der Waals surface area contributed by atoms with Gasteiger partial charge in [0, 0.05) is 12.6 Å². The van der Waals surface area contributed by atoms with Crippen LogP contribution in [-0.4, -0.2) is 24.7 Å². The number of carbonyl (C=O) groups excluding carboxylic acids is 1. The first-order valence-corrected chi connectivity index (χ1v) is 9.46. The molecule has 0 radical (unpaired) electrons. The van der Waals surface area contributed by atoms with E-state index in [4.69, 9.17) is 32.7 Å². The van der Waals surface area contributed by atoms with Gasteiger partial charge in [-0.3, -0.25) is 4.79 Å². The molecular formula is C19H16Cl2N2O3S. The molecular weight excluding hydrogens is 407 g/mol. The number of nitrogens with zero attached hydrogens (tertiary/aromatic N) is 2. The number of ether oxygens (including phenoxy) is 2. The molecule has 140 valence electrons. The number of rotatable bonds is 5. The molecule has 5 nitrogen and oxygen atoms in total. The maximum absolute atomic E-state index is 12.8. The number of amides is 1. The van der Waals surface area contributed by atoms with Crippen LogP contribution in [0, 0.1) is 0 Å². The van der Waals surface area contributed by atoms with Crippen LogP contribution in [0.25, 0.3) is 10.2 Å². The molecule has 0 unspecified atom stereocenters. The Morgan fingerprint density at radius 2 is 2.04 bits per heavy atom. The van der Waals surface area contributed by atoms with E-state index in [1.807, 2.05) is 10.6 Å². The fourth-order valence-corrected chi connectivity index (χ4v) is 4.13. The van der Waals surface area contributed by atoms with Crippen LogP contribution < -0.4 is 14.3 Å². The van der Waals surface area contributed by atoms with Gasteiger partial charge >= 0.3 is 0 Å². The van der Waals surface area contributed by atoms with Crippen molar-refractivity contribution < 1.29 is 14.3 Å². The number of fused-ring (bicyclic) bond motifs is 1. The Kier molecular flexibility index (Phi) is 5.89. The molecule has 0 saturated heterocycles. The minimum atomic E-state index is -0.430. The fraction of sp³-hybridized carbons (Fsp3) is 0.158. The zero-order valence-corrected chi connectivity index (χ0v) is 17.0. The second-order valence-corrected chi connectivity index (χ2v) is 7.27. The minimum Gasteiger partial charge on any atom is -0.497 e. The van der Waals surface area contributed by atoms with Crippen molar-refractivity contribution in [1.82, 2.24) is 4.57 Å². The maximum atomic E-state index is 12.8. The van der Waals surface area contributed by atoms with Crippen molar-refractivity contribution in [1.29, 1.82) is 0 Å². The van der Waals surface area contributed by atoms with Crippen LogP contribution in [0.1, 0.15) is 10.4 Å². The predicted molar refractivity (Wildman–Crippen MR) is 109 cm³/mol. The van der Waals surface area contributed by atoms with Gasteiger partial charge in [-0.1, -0.05) is 40.6 Å². The predicted octanol–water partition coefficient (Wildman–Crippen LogP) is 4.95. The molecule has 0 bridgehead atoms.